The lowest BCUT2D eigenvalue weighted by Crippen LogP contribution is -2.35. The summed E-state index contributed by atoms with van der Waals surface area (Å²) < 4.78 is 26.1. The number of rotatable bonds is 4. The van der Waals surface area contributed by atoms with E-state index in [1.165, 1.54) is 0 Å². The molecule has 16 heavy (non-hydrogen) atoms. The SMILES string of the molecule is Cc1ccc(S(=O)(=O)NC(C)CO)cc1C. The van der Waals surface area contributed by atoms with Crippen LogP contribution >= 0.6 is 0 Å². The Morgan fingerprint density at radius 2 is 1.94 bits per heavy atom. The van der Waals surface area contributed by atoms with Crippen molar-refractivity contribution >= 4 is 10.0 Å². The highest BCUT2D eigenvalue weighted by molar-refractivity contribution is 7.89. The second-order valence-corrected chi connectivity index (χ2v) is 5.66. The van der Waals surface area contributed by atoms with Crippen LogP contribution in [0.3, 0.4) is 0 Å². The van der Waals surface area contributed by atoms with Gasteiger partial charge in [-0.25, -0.2) is 13.1 Å². The van der Waals surface area contributed by atoms with Crippen LogP contribution in [0.5, 0.6) is 0 Å². The lowest BCUT2D eigenvalue weighted by Gasteiger charge is -2.12. The zero-order chi connectivity index (χ0) is 12.3. The van der Waals surface area contributed by atoms with Crippen molar-refractivity contribution in [3.05, 3.63) is 29.3 Å². The van der Waals surface area contributed by atoms with E-state index in [4.69, 9.17) is 5.11 Å². The molecule has 1 aromatic carbocycles. The van der Waals surface area contributed by atoms with Crippen LogP contribution in [0.25, 0.3) is 0 Å². The van der Waals surface area contributed by atoms with Gasteiger partial charge in [-0.15, -0.1) is 0 Å². The molecule has 4 nitrogen and oxygen atoms in total. The zero-order valence-corrected chi connectivity index (χ0v) is 10.5. The van der Waals surface area contributed by atoms with Gasteiger partial charge in [-0.05, 0) is 44.0 Å². The molecule has 0 aliphatic heterocycles. The molecule has 1 unspecified atom stereocenters. The zero-order valence-electron chi connectivity index (χ0n) is 9.69. The van der Waals surface area contributed by atoms with E-state index in [1.807, 2.05) is 13.8 Å². The van der Waals surface area contributed by atoms with Gasteiger partial charge in [-0.3, -0.25) is 0 Å². The number of hydrogen-bond donors (Lipinski definition) is 2. The van der Waals surface area contributed by atoms with Crippen LogP contribution < -0.4 is 4.72 Å². The van der Waals surface area contributed by atoms with Crippen LogP contribution in [0.1, 0.15) is 18.1 Å². The van der Waals surface area contributed by atoms with Gasteiger partial charge in [0, 0.05) is 6.04 Å². The molecule has 1 atom stereocenters. The highest BCUT2D eigenvalue weighted by Gasteiger charge is 2.16. The Labute approximate surface area is 96.4 Å². The monoisotopic (exact) mass is 243 g/mol. The molecule has 0 amide bonds. The molecule has 2 N–H and O–H groups in total. The first-order valence-electron chi connectivity index (χ1n) is 5.07. The quantitative estimate of drug-likeness (QED) is 0.828. The van der Waals surface area contributed by atoms with Gasteiger partial charge >= 0.3 is 0 Å². The van der Waals surface area contributed by atoms with E-state index in [-0.39, 0.29) is 11.5 Å². The van der Waals surface area contributed by atoms with E-state index < -0.39 is 16.1 Å². The molecule has 1 rings (SSSR count). The van der Waals surface area contributed by atoms with Crippen LogP contribution in [-0.2, 0) is 10.0 Å². The molecule has 0 spiro atoms. The summed E-state index contributed by atoms with van der Waals surface area (Å²) in [5.41, 5.74) is 1.98. The largest absolute Gasteiger partial charge is 0.395 e. The van der Waals surface area contributed by atoms with Gasteiger partial charge in [0.05, 0.1) is 11.5 Å². The second-order valence-electron chi connectivity index (χ2n) is 3.95. The molecule has 0 aromatic heterocycles. The van der Waals surface area contributed by atoms with Crippen molar-refractivity contribution in [1.82, 2.24) is 4.72 Å². The highest BCUT2D eigenvalue weighted by atomic mass is 32.2. The first-order valence-corrected chi connectivity index (χ1v) is 6.55. The molecule has 0 aliphatic rings. The Hall–Kier alpha value is -0.910. The fourth-order valence-corrected chi connectivity index (χ4v) is 2.57. The van der Waals surface area contributed by atoms with Gasteiger partial charge in [0.1, 0.15) is 0 Å². The van der Waals surface area contributed by atoms with E-state index in [1.54, 1.807) is 25.1 Å². The minimum Gasteiger partial charge on any atom is -0.395 e. The standard InChI is InChI=1S/C11H17NO3S/c1-8-4-5-11(6-9(8)2)16(14,15)12-10(3)7-13/h4-6,10,12-13H,7H2,1-3H3. The van der Waals surface area contributed by atoms with Crippen LogP contribution in [0, 0.1) is 13.8 Å². The normalized spacial score (nSPS) is 13.8. The Balaban J connectivity index is 3.03. The molecule has 0 aliphatic carbocycles. The average Bonchev–Trinajstić information content (AvgIpc) is 2.21. The van der Waals surface area contributed by atoms with E-state index >= 15 is 0 Å². The number of nitrogens with one attached hydrogen (secondary N) is 1. The van der Waals surface area contributed by atoms with Crippen molar-refractivity contribution in [2.75, 3.05) is 6.61 Å². The predicted octanol–water partition coefficient (Wildman–Crippen LogP) is 0.963. The van der Waals surface area contributed by atoms with Gasteiger partial charge in [0.25, 0.3) is 0 Å². The molecule has 0 bridgehead atoms. The highest BCUT2D eigenvalue weighted by Crippen LogP contribution is 2.14. The van der Waals surface area contributed by atoms with Crippen molar-refractivity contribution in [2.24, 2.45) is 0 Å². The molecule has 0 radical (unpaired) electrons. The van der Waals surface area contributed by atoms with E-state index in [0.29, 0.717) is 0 Å². The third kappa shape index (κ3) is 3.04. The van der Waals surface area contributed by atoms with Gasteiger partial charge in [0.2, 0.25) is 10.0 Å². The molecular weight excluding hydrogens is 226 g/mol. The van der Waals surface area contributed by atoms with Crippen LogP contribution in [0.4, 0.5) is 0 Å². The number of aliphatic hydroxyl groups excluding tert-OH is 1. The predicted molar refractivity (Wildman–Crippen MR) is 62.8 cm³/mol. The van der Waals surface area contributed by atoms with Gasteiger partial charge in [-0.2, -0.15) is 0 Å². The third-order valence-corrected chi connectivity index (χ3v) is 4.01. The second kappa shape index (κ2) is 4.95. The lowest BCUT2D eigenvalue weighted by atomic mass is 10.1. The van der Waals surface area contributed by atoms with Crippen LogP contribution in [-0.4, -0.2) is 26.2 Å². The molecule has 0 saturated carbocycles. The number of aryl methyl sites for hydroxylation is 2. The Morgan fingerprint density at radius 1 is 1.31 bits per heavy atom. The minimum absolute atomic E-state index is 0.218. The van der Waals surface area contributed by atoms with Crippen molar-refractivity contribution in [3.8, 4) is 0 Å². The molecule has 0 heterocycles. The van der Waals surface area contributed by atoms with Gasteiger partial charge in [0.15, 0.2) is 0 Å². The molecule has 5 heteroatoms. The van der Waals surface area contributed by atoms with Crippen molar-refractivity contribution in [3.63, 3.8) is 0 Å². The molecule has 0 saturated heterocycles. The van der Waals surface area contributed by atoms with E-state index in [9.17, 15) is 8.42 Å². The lowest BCUT2D eigenvalue weighted by molar-refractivity contribution is 0.265. The average molecular weight is 243 g/mol. The number of benzene rings is 1. The van der Waals surface area contributed by atoms with E-state index in [0.717, 1.165) is 11.1 Å². The summed E-state index contributed by atoms with van der Waals surface area (Å²) in [6.45, 7) is 5.18. The summed E-state index contributed by atoms with van der Waals surface area (Å²) >= 11 is 0. The summed E-state index contributed by atoms with van der Waals surface area (Å²) in [4.78, 5) is 0.232. The number of aliphatic hydroxyl groups is 1. The first-order chi connectivity index (χ1) is 7.36. The Morgan fingerprint density at radius 3 is 2.44 bits per heavy atom. The minimum atomic E-state index is -3.52. The summed E-state index contributed by atoms with van der Waals surface area (Å²) in [7, 11) is -3.52. The molecule has 90 valence electrons. The molecule has 0 fully saturated rings. The smallest absolute Gasteiger partial charge is 0.240 e. The Kier molecular flexibility index (Phi) is 4.07. The molecule has 1 aromatic rings. The van der Waals surface area contributed by atoms with Crippen molar-refractivity contribution in [1.29, 1.82) is 0 Å². The van der Waals surface area contributed by atoms with E-state index in [2.05, 4.69) is 4.72 Å². The fourth-order valence-electron chi connectivity index (χ4n) is 1.25. The maximum atomic E-state index is 11.8. The number of hydrogen-bond acceptors (Lipinski definition) is 3. The van der Waals surface area contributed by atoms with Crippen LogP contribution in [0.15, 0.2) is 23.1 Å². The summed E-state index contributed by atoms with van der Waals surface area (Å²) in [6, 6.07) is 4.48. The third-order valence-electron chi connectivity index (χ3n) is 2.42. The van der Waals surface area contributed by atoms with Gasteiger partial charge in [-0.1, -0.05) is 6.07 Å². The summed E-state index contributed by atoms with van der Waals surface area (Å²) in [5, 5.41) is 8.82. The Bertz CT molecular complexity index is 468. The van der Waals surface area contributed by atoms with Gasteiger partial charge < -0.3 is 5.11 Å². The maximum absolute atomic E-state index is 11.8. The van der Waals surface area contributed by atoms with Crippen molar-refractivity contribution < 1.29 is 13.5 Å². The van der Waals surface area contributed by atoms with Crippen molar-refractivity contribution in [2.45, 2.75) is 31.7 Å². The number of sulfonamides is 1. The molecular formula is C11H17NO3S. The summed E-state index contributed by atoms with van der Waals surface area (Å²) in [5.74, 6) is 0. The fraction of sp³-hybridized carbons (Fsp3) is 0.455. The summed E-state index contributed by atoms with van der Waals surface area (Å²) in [6.07, 6.45) is 0. The topological polar surface area (TPSA) is 66.4 Å². The first kappa shape index (κ1) is 13.2. The maximum Gasteiger partial charge on any atom is 0.240 e. The van der Waals surface area contributed by atoms with Crippen LogP contribution in [0.2, 0.25) is 0 Å².